The Morgan fingerprint density at radius 1 is 1.29 bits per heavy atom. The van der Waals surface area contributed by atoms with Crippen LogP contribution in [0.15, 0.2) is 30.5 Å². The number of aryl methyl sites for hydroxylation is 1. The predicted molar refractivity (Wildman–Crippen MR) is 74.5 cm³/mol. The molecule has 0 unspecified atom stereocenters. The van der Waals surface area contributed by atoms with Crippen molar-refractivity contribution in [2.45, 2.75) is 13.3 Å². The summed E-state index contributed by atoms with van der Waals surface area (Å²) in [5.74, 6) is -2.13. The number of carboxylic acids is 1. The van der Waals surface area contributed by atoms with E-state index in [-0.39, 0.29) is 17.2 Å². The van der Waals surface area contributed by atoms with Gasteiger partial charge in [-0.15, -0.1) is 0 Å². The average molecular weight is 292 g/mol. The Bertz CT molecular complexity index is 675. The number of nitrogens with zero attached hydrogens (tertiary/aromatic N) is 1. The first-order valence-electron chi connectivity index (χ1n) is 6.35. The summed E-state index contributed by atoms with van der Waals surface area (Å²) in [4.78, 5) is 14.8. The maximum absolute atomic E-state index is 13.0. The van der Waals surface area contributed by atoms with Gasteiger partial charge in [-0.3, -0.25) is 0 Å². The Balaban J connectivity index is 2.05. The average Bonchev–Trinajstić information content (AvgIpc) is 2.42. The number of nitrogens with one attached hydrogen (secondary N) is 1. The molecular weight excluding hydrogens is 278 g/mol. The molecule has 0 amide bonds. The molecule has 1 heterocycles. The second-order valence-corrected chi connectivity index (χ2v) is 4.60. The molecule has 0 saturated carbocycles. The van der Waals surface area contributed by atoms with Gasteiger partial charge in [0.05, 0.1) is 6.20 Å². The van der Waals surface area contributed by atoms with E-state index in [0.717, 1.165) is 23.4 Å². The van der Waals surface area contributed by atoms with Crippen LogP contribution in [0.5, 0.6) is 0 Å². The van der Waals surface area contributed by atoms with E-state index in [4.69, 9.17) is 5.11 Å². The summed E-state index contributed by atoms with van der Waals surface area (Å²) in [5.41, 5.74) is 1.55. The summed E-state index contributed by atoms with van der Waals surface area (Å²) in [6.07, 6.45) is 1.53. The Labute approximate surface area is 120 Å². The van der Waals surface area contributed by atoms with Crippen LogP contribution in [0, 0.1) is 18.6 Å². The van der Waals surface area contributed by atoms with E-state index in [0.29, 0.717) is 13.0 Å². The molecule has 0 bridgehead atoms. The molecule has 0 aliphatic heterocycles. The number of carboxylic acid groups (broad SMARTS) is 1. The van der Waals surface area contributed by atoms with Gasteiger partial charge in [0, 0.05) is 6.54 Å². The minimum absolute atomic E-state index is 0.115. The van der Waals surface area contributed by atoms with E-state index >= 15 is 0 Å². The van der Waals surface area contributed by atoms with Crippen molar-refractivity contribution in [3.05, 3.63) is 58.8 Å². The fourth-order valence-corrected chi connectivity index (χ4v) is 2.00. The van der Waals surface area contributed by atoms with Crippen molar-refractivity contribution in [1.82, 2.24) is 4.98 Å². The molecule has 0 radical (unpaired) electrons. The Morgan fingerprint density at radius 2 is 2.05 bits per heavy atom. The highest BCUT2D eigenvalue weighted by Crippen LogP contribution is 2.15. The molecule has 0 spiro atoms. The third kappa shape index (κ3) is 3.75. The molecule has 110 valence electrons. The van der Waals surface area contributed by atoms with Gasteiger partial charge in [-0.2, -0.15) is 0 Å². The highest BCUT2D eigenvalue weighted by Gasteiger charge is 2.12. The number of carbonyl (C=O) groups is 1. The molecule has 1 aromatic carbocycles. The lowest BCUT2D eigenvalue weighted by atomic mass is 10.1. The van der Waals surface area contributed by atoms with E-state index in [2.05, 4.69) is 10.3 Å². The summed E-state index contributed by atoms with van der Waals surface area (Å²) < 4.78 is 26.0. The fraction of sp³-hybridized carbons (Fsp3) is 0.200. The van der Waals surface area contributed by atoms with Crippen LogP contribution in [-0.2, 0) is 6.42 Å². The van der Waals surface area contributed by atoms with Gasteiger partial charge in [0.1, 0.15) is 23.0 Å². The number of aromatic nitrogens is 1. The minimum atomic E-state index is -1.25. The number of hydrogen-bond acceptors (Lipinski definition) is 3. The van der Waals surface area contributed by atoms with Crippen molar-refractivity contribution in [1.29, 1.82) is 0 Å². The van der Waals surface area contributed by atoms with Gasteiger partial charge in [0.2, 0.25) is 0 Å². The van der Waals surface area contributed by atoms with Crippen LogP contribution >= 0.6 is 0 Å². The van der Waals surface area contributed by atoms with Gasteiger partial charge in [-0.25, -0.2) is 18.6 Å². The summed E-state index contributed by atoms with van der Waals surface area (Å²) in [6, 6.07) is 5.42. The predicted octanol–water partition coefficient (Wildman–Crippen LogP) is 3.02. The lowest BCUT2D eigenvalue weighted by molar-refractivity contribution is 0.0697. The molecule has 0 fully saturated rings. The highest BCUT2D eigenvalue weighted by atomic mass is 19.1. The summed E-state index contributed by atoms with van der Waals surface area (Å²) in [6.45, 7) is 2.21. The van der Waals surface area contributed by atoms with Crippen LogP contribution in [0.3, 0.4) is 0 Å². The van der Waals surface area contributed by atoms with Gasteiger partial charge in [0.25, 0.3) is 0 Å². The number of anilines is 1. The van der Waals surface area contributed by atoms with Crippen LogP contribution in [0.1, 0.15) is 21.5 Å². The number of benzene rings is 1. The molecule has 0 saturated heterocycles. The first-order chi connectivity index (χ1) is 9.97. The van der Waals surface area contributed by atoms with Crippen molar-refractivity contribution < 1.29 is 18.7 Å². The Hall–Kier alpha value is -2.50. The number of hydrogen-bond donors (Lipinski definition) is 2. The van der Waals surface area contributed by atoms with Gasteiger partial charge < -0.3 is 10.4 Å². The maximum Gasteiger partial charge on any atom is 0.339 e. The fourth-order valence-electron chi connectivity index (χ4n) is 2.00. The van der Waals surface area contributed by atoms with E-state index in [1.54, 1.807) is 13.0 Å². The normalized spacial score (nSPS) is 10.4. The number of aromatic carboxylic acids is 1. The molecule has 4 nitrogen and oxygen atoms in total. The van der Waals surface area contributed by atoms with E-state index in [9.17, 15) is 13.6 Å². The standard InChI is InChI=1S/C15H14F2N2O2/c1-9-6-11(16)3-2-10(9)4-5-18-14-13(15(20)21)7-12(17)8-19-14/h2-3,6-8H,4-5H2,1H3,(H,18,19)(H,20,21). The zero-order chi connectivity index (χ0) is 15.4. The van der Waals surface area contributed by atoms with E-state index in [1.807, 2.05) is 0 Å². The third-order valence-electron chi connectivity index (χ3n) is 3.08. The quantitative estimate of drug-likeness (QED) is 0.889. The number of rotatable bonds is 5. The van der Waals surface area contributed by atoms with Crippen LogP contribution in [0.4, 0.5) is 14.6 Å². The number of halogens is 2. The van der Waals surface area contributed by atoms with Gasteiger partial charge in [-0.1, -0.05) is 6.07 Å². The minimum Gasteiger partial charge on any atom is -0.478 e. The van der Waals surface area contributed by atoms with Crippen LogP contribution in [0.25, 0.3) is 0 Å². The van der Waals surface area contributed by atoms with E-state index in [1.165, 1.54) is 12.1 Å². The summed E-state index contributed by atoms with van der Waals surface area (Å²) >= 11 is 0. The van der Waals surface area contributed by atoms with Crippen molar-refractivity contribution in [2.75, 3.05) is 11.9 Å². The summed E-state index contributed by atoms with van der Waals surface area (Å²) in [5, 5.41) is 11.9. The molecule has 2 rings (SSSR count). The molecule has 0 aliphatic carbocycles. The van der Waals surface area contributed by atoms with Gasteiger partial charge in [-0.05, 0) is 42.7 Å². The number of pyridine rings is 1. The molecule has 6 heteroatoms. The molecule has 0 aliphatic rings. The molecule has 2 N–H and O–H groups in total. The van der Waals surface area contributed by atoms with Gasteiger partial charge in [0.15, 0.2) is 0 Å². The second kappa shape index (κ2) is 6.30. The third-order valence-corrected chi connectivity index (χ3v) is 3.08. The van der Waals surface area contributed by atoms with Crippen LogP contribution in [0.2, 0.25) is 0 Å². The first kappa shape index (κ1) is 14.9. The zero-order valence-corrected chi connectivity index (χ0v) is 11.4. The lowest BCUT2D eigenvalue weighted by Crippen LogP contribution is -2.12. The van der Waals surface area contributed by atoms with Crippen molar-refractivity contribution in [2.24, 2.45) is 0 Å². The zero-order valence-electron chi connectivity index (χ0n) is 11.4. The maximum atomic E-state index is 13.0. The van der Waals surface area contributed by atoms with Crippen LogP contribution < -0.4 is 5.32 Å². The molecule has 0 atom stereocenters. The molecule has 2 aromatic rings. The lowest BCUT2D eigenvalue weighted by Gasteiger charge is -2.10. The SMILES string of the molecule is Cc1cc(F)ccc1CCNc1ncc(F)cc1C(=O)O. The highest BCUT2D eigenvalue weighted by molar-refractivity contribution is 5.93. The monoisotopic (exact) mass is 292 g/mol. The second-order valence-electron chi connectivity index (χ2n) is 4.60. The van der Waals surface area contributed by atoms with Crippen molar-refractivity contribution in [3.63, 3.8) is 0 Å². The molecular formula is C15H14F2N2O2. The largest absolute Gasteiger partial charge is 0.478 e. The van der Waals surface area contributed by atoms with E-state index < -0.39 is 11.8 Å². The van der Waals surface area contributed by atoms with Crippen LogP contribution in [-0.4, -0.2) is 22.6 Å². The summed E-state index contributed by atoms with van der Waals surface area (Å²) in [7, 11) is 0. The molecule has 21 heavy (non-hydrogen) atoms. The molecule has 1 aromatic heterocycles. The Morgan fingerprint density at radius 3 is 2.71 bits per heavy atom. The first-order valence-corrected chi connectivity index (χ1v) is 6.35. The van der Waals surface area contributed by atoms with Crippen molar-refractivity contribution in [3.8, 4) is 0 Å². The van der Waals surface area contributed by atoms with Gasteiger partial charge >= 0.3 is 5.97 Å². The van der Waals surface area contributed by atoms with Crippen molar-refractivity contribution >= 4 is 11.8 Å². The smallest absolute Gasteiger partial charge is 0.339 e. The Kier molecular flexibility index (Phi) is 4.47. The topological polar surface area (TPSA) is 62.2 Å².